The van der Waals surface area contributed by atoms with Gasteiger partial charge in [-0.3, -0.25) is 0 Å². The van der Waals surface area contributed by atoms with E-state index in [1.54, 1.807) is 30.3 Å². The van der Waals surface area contributed by atoms with E-state index in [0.717, 1.165) is 0 Å². The summed E-state index contributed by atoms with van der Waals surface area (Å²) in [6.07, 6.45) is 0.661. The molecule has 4 heteroatoms. The van der Waals surface area contributed by atoms with Gasteiger partial charge in [-0.2, -0.15) is 0 Å². The van der Waals surface area contributed by atoms with Crippen molar-refractivity contribution in [2.45, 2.75) is 6.10 Å². The number of rotatable bonds is 3. The van der Waals surface area contributed by atoms with Crippen molar-refractivity contribution in [3.63, 3.8) is 0 Å². The Kier molecular flexibility index (Phi) is 2.69. The van der Waals surface area contributed by atoms with Crippen molar-refractivity contribution >= 4 is 0 Å². The highest BCUT2D eigenvalue weighted by Crippen LogP contribution is 2.21. The molecule has 1 unspecified atom stereocenters. The van der Waals surface area contributed by atoms with Crippen LogP contribution in [0.15, 0.2) is 41.0 Å². The maximum atomic E-state index is 9.89. The molecule has 2 aromatic heterocycles. The Balaban J connectivity index is 2.29. The molecule has 0 radical (unpaired) electrons. The summed E-state index contributed by atoms with van der Waals surface area (Å²) in [7, 11) is 1.53. The highest BCUT2D eigenvalue weighted by atomic mass is 16.5. The average Bonchev–Trinajstić information content (AvgIpc) is 2.81. The van der Waals surface area contributed by atoms with Gasteiger partial charge >= 0.3 is 0 Å². The molecule has 15 heavy (non-hydrogen) atoms. The van der Waals surface area contributed by atoms with E-state index in [9.17, 15) is 5.11 Å². The molecule has 0 saturated heterocycles. The third-order valence-electron chi connectivity index (χ3n) is 2.05. The zero-order chi connectivity index (χ0) is 10.7. The van der Waals surface area contributed by atoms with Gasteiger partial charge in [0.15, 0.2) is 6.10 Å². The molecule has 0 aliphatic heterocycles. The van der Waals surface area contributed by atoms with Crippen molar-refractivity contribution < 1.29 is 14.3 Å². The van der Waals surface area contributed by atoms with Gasteiger partial charge in [0.2, 0.25) is 5.88 Å². The Morgan fingerprint density at radius 1 is 1.33 bits per heavy atom. The number of furan rings is 1. The van der Waals surface area contributed by atoms with Crippen LogP contribution in [0.2, 0.25) is 0 Å². The zero-order valence-electron chi connectivity index (χ0n) is 8.25. The van der Waals surface area contributed by atoms with Crippen LogP contribution in [0, 0.1) is 0 Å². The number of aliphatic hydroxyl groups excluding tert-OH is 1. The molecule has 0 aliphatic rings. The fourth-order valence-corrected chi connectivity index (χ4v) is 1.29. The molecule has 0 aliphatic carbocycles. The molecule has 4 nitrogen and oxygen atoms in total. The van der Waals surface area contributed by atoms with Crippen molar-refractivity contribution in [3.8, 4) is 5.88 Å². The molecule has 0 saturated carbocycles. The van der Waals surface area contributed by atoms with Gasteiger partial charge in [-0.25, -0.2) is 4.98 Å². The van der Waals surface area contributed by atoms with Crippen LogP contribution in [0.3, 0.4) is 0 Å². The summed E-state index contributed by atoms with van der Waals surface area (Å²) in [6, 6.07) is 8.63. The Bertz CT molecular complexity index is 425. The van der Waals surface area contributed by atoms with Gasteiger partial charge < -0.3 is 14.3 Å². The highest BCUT2D eigenvalue weighted by Gasteiger charge is 2.14. The van der Waals surface area contributed by atoms with E-state index < -0.39 is 6.10 Å². The van der Waals surface area contributed by atoms with Crippen LogP contribution in [0.25, 0.3) is 0 Å². The van der Waals surface area contributed by atoms with E-state index in [-0.39, 0.29) is 0 Å². The lowest BCUT2D eigenvalue weighted by molar-refractivity contribution is 0.183. The van der Waals surface area contributed by atoms with Crippen molar-refractivity contribution in [2.75, 3.05) is 7.11 Å². The number of pyridine rings is 1. The summed E-state index contributed by atoms with van der Waals surface area (Å²) in [4.78, 5) is 4.11. The molecular weight excluding hydrogens is 194 g/mol. The van der Waals surface area contributed by atoms with E-state index in [1.165, 1.54) is 13.4 Å². The van der Waals surface area contributed by atoms with Gasteiger partial charge in [0, 0.05) is 6.07 Å². The van der Waals surface area contributed by atoms with Gasteiger partial charge in [-0.05, 0) is 18.2 Å². The van der Waals surface area contributed by atoms with Crippen LogP contribution in [-0.4, -0.2) is 17.2 Å². The Labute approximate surface area is 87.1 Å². The Morgan fingerprint density at radius 3 is 2.87 bits per heavy atom. The number of ether oxygens (including phenoxy) is 1. The average molecular weight is 205 g/mol. The molecule has 78 valence electrons. The van der Waals surface area contributed by atoms with Crippen LogP contribution < -0.4 is 4.74 Å². The van der Waals surface area contributed by atoms with Crippen LogP contribution in [0.1, 0.15) is 17.6 Å². The molecule has 0 aromatic carbocycles. The summed E-state index contributed by atoms with van der Waals surface area (Å²) in [6.45, 7) is 0. The fraction of sp³-hybridized carbons (Fsp3) is 0.182. The number of aliphatic hydroxyl groups is 1. The molecule has 1 atom stereocenters. The Morgan fingerprint density at radius 2 is 2.20 bits per heavy atom. The number of hydrogen-bond donors (Lipinski definition) is 1. The van der Waals surface area contributed by atoms with Crippen molar-refractivity contribution in [2.24, 2.45) is 0 Å². The minimum absolute atomic E-state index is 0.468. The van der Waals surface area contributed by atoms with Gasteiger partial charge in [0.05, 0.1) is 19.1 Å². The lowest BCUT2D eigenvalue weighted by atomic mass is 10.2. The molecule has 1 N–H and O–H groups in total. The smallest absolute Gasteiger partial charge is 0.213 e. The van der Waals surface area contributed by atoms with Crippen molar-refractivity contribution in [3.05, 3.63) is 48.0 Å². The molecule has 2 aromatic rings. The summed E-state index contributed by atoms with van der Waals surface area (Å²) < 4.78 is 10.1. The first-order chi connectivity index (χ1) is 7.31. The molecule has 0 bridgehead atoms. The number of aromatic nitrogens is 1. The van der Waals surface area contributed by atoms with E-state index >= 15 is 0 Å². The molecular formula is C11H11NO3. The van der Waals surface area contributed by atoms with E-state index in [2.05, 4.69) is 4.98 Å². The van der Waals surface area contributed by atoms with E-state index in [1.807, 2.05) is 0 Å². The predicted molar refractivity (Wildman–Crippen MR) is 53.6 cm³/mol. The standard InChI is InChI=1S/C11H11NO3/c1-14-10-6-2-4-8(12-10)11(13)9-5-3-7-15-9/h2-7,11,13H,1H3. The van der Waals surface area contributed by atoms with Crippen LogP contribution in [0.4, 0.5) is 0 Å². The topological polar surface area (TPSA) is 55.5 Å². The van der Waals surface area contributed by atoms with Gasteiger partial charge in [-0.15, -0.1) is 0 Å². The first kappa shape index (κ1) is 9.73. The second kappa shape index (κ2) is 4.14. The second-order valence-corrected chi connectivity index (χ2v) is 3.02. The SMILES string of the molecule is COc1cccc(C(O)c2ccco2)n1. The zero-order valence-corrected chi connectivity index (χ0v) is 8.25. The normalized spacial score (nSPS) is 12.4. The lowest BCUT2D eigenvalue weighted by Crippen LogP contribution is -2.01. The molecule has 0 amide bonds. The maximum absolute atomic E-state index is 9.89. The first-order valence-corrected chi connectivity index (χ1v) is 4.53. The monoisotopic (exact) mass is 205 g/mol. The van der Waals surface area contributed by atoms with Crippen molar-refractivity contribution in [1.82, 2.24) is 4.98 Å². The van der Waals surface area contributed by atoms with E-state index in [4.69, 9.17) is 9.15 Å². The summed E-state index contributed by atoms with van der Waals surface area (Å²) in [5, 5.41) is 9.89. The summed E-state index contributed by atoms with van der Waals surface area (Å²) in [5.41, 5.74) is 0.504. The minimum atomic E-state index is -0.852. The first-order valence-electron chi connectivity index (χ1n) is 4.53. The summed E-state index contributed by atoms with van der Waals surface area (Å²) in [5.74, 6) is 0.939. The number of nitrogens with zero attached hydrogens (tertiary/aromatic N) is 1. The molecule has 2 rings (SSSR count). The fourth-order valence-electron chi connectivity index (χ4n) is 1.29. The quantitative estimate of drug-likeness (QED) is 0.829. The third kappa shape index (κ3) is 1.99. The van der Waals surface area contributed by atoms with Crippen molar-refractivity contribution in [1.29, 1.82) is 0 Å². The molecule has 2 heterocycles. The predicted octanol–water partition coefficient (Wildman–Crippen LogP) is 1.76. The van der Waals surface area contributed by atoms with Gasteiger partial charge in [-0.1, -0.05) is 6.07 Å². The summed E-state index contributed by atoms with van der Waals surface area (Å²) >= 11 is 0. The lowest BCUT2D eigenvalue weighted by Gasteiger charge is -2.07. The maximum Gasteiger partial charge on any atom is 0.213 e. The molecule has 0 fully saturated rings. The van der Waals surface area contributed by atoms with Crippen LogP contribution in [-0.2, 0) is 0 Å². The van der Waals surface area contributed by atoms with E-state index in [0.29, 0.717) is 17.3 Å². The number of methoxy groups -OCH3 is 1. The van der Waals surface area contributed by atoms with Gasteiger partial charge in [0.1, 0.15) is 5.76 Å². The number of hydrogen-bond acceptors (Lipinski definition) is 4. The largest absolute Gasteiger partial charge is 0.481 e. The minimum Gasteiger partial charge on any atom is -0.481 e. The highest BCUT2D eigenvalue weighted by molar-refractivity contribution is 5.22. The van der Waals surface area contributed by atoms with Crippen LogP contribution >= 0.6 is 0 Å². The third-order valence-corrected chi connectivity index (χ3v) is 2.05. The second-order valence-electron chi connectivity index (χ2n) is 3.02. The van der Waals surface area contributed by atoms with Crippen LogP contribution in [0.5, 0.6) is 5.88 Å². The Hall–Kier alpha value is -1.81. The van der Waals surface area contributed by atoms with Gasteiger partial charge in [0.25, 0.3) is 0 Å². The molecule has 0 spiro atoms.